The summed E-state index contributed by atoms with van der Waals surface area (Å²) in [6.45, 7) is 0.0205. The van der Waals surface area contributed by atoms with Crippen molar-refractivity contribution in [3.63, 3.8) is 0 Å². The molecule has 2 aromatic heterocycles. The van der Waals surface area contributed by atoms with E-state index in [1.165, 1.54) is 0 Å². The Hall–Kier alpha value is -2.94. The highest BCUT2D eigenvalue weighted by Gasteiger charge is 2.07. The number of hydrogen-bond donors (Lipinski definition) is 1. The van der Waals surface area contributed by atoms with E-state index < -0.39 is 0 Å². The molecule has 0 atom stereocenters. The van der Waals surface area contributed by atoms with E-state index in [-0.39, 0.29) is 6.61 Å². The second-order valence-corrected chi connectivity index (χ2v) is 3.79. The van der Waals surface area contributed by atoms with E-state index in [0.29, 0.717) is 22.9 Å². The summed E-state index contributed by atoms with van der Waals surface area (Å²) in [5, 5.41) is 8.50. The van der Waals surface area contributed by atoms with Crippen molar-refractivity contribution in [2.45, 2.75) is 0 Å². The van der Waals surface area contributed by atoms with Crippen molar-refractivity contribution in [1.82, 2.24) is 19.9 Å². The predicted octanol–water partition coefficient (Wildman–Crippen LogP) is 1.92. The quantitative estimate of drug-likeness (QED) is 0.768. The lowest BCUT2D eigenvalue weighted by atomic mass is 10.2. The normalized spacial score (nSPS) is 10.3. The van der Waals surface area contributed by atoms with Crippen LogP contribution in [0.3, 0.4) is 0 Å². The zero-order valence-electron chi connectivity index (χ0n) is 9.87. The highest BCUT2D eigenvalue weighted by Crippen LogP contribution is 2.22. The third-order valence-electron chi connectivity index (χ3n) is 2.54. The topological polar surface area (TPSA) is 87.5 Å². The smallest absolute Gasteiger partial charge is 0.197 e. The largest absolute Gasteiger partial charge is 0.479 e. The van der Waals surface area contributed by atoms with Crippen molar-refractivity contribution in [3.05, 3.63) is 36.7 Å². The summed E-state index contributed by atoms with van der Waals surface area (Å²) in [6, 6.07) is 9.28. The van der Waals surface area contributed by atoms with Gasteiger partial charge in [0.2, 0.25) is 0 Å². The minimum Gasteiger partial charge on any atom is -0.479 e. The molecule has 3 aromatic rings. The van der Waals surface area contributed by atoms with E-state index in [9.17, 15) is 0 Å². The van der Waals surface area contributed by atoms with E-state index in [0.717, 1.165) is 5.56 Å². The number of H-pyrrole nitrogens is 1. The molecule has 0 unspecified atom stereocenters. The number of nitriles is 1. The molecule has 19 heavy (non-hydrogen) atoms. The molecular weight excluding hydrogens is 242 g/mol. The lowest BCUT2D eigenvalue weighted by Crippen LogP contribution is -1.93. The van der Waals surface area contributed by atoms with Crippen LogP contribution in [0.25, 0.3) is 22.7 Å². The maximum absolute atomic E-state index is 8.50. The molecule has 1 N–H and O–H groups in total. The fraction of sp³-hybridized carbons (Fsp3) is 0.0769. The zero-order valence-corrected chi connectivity index (χ0v) is 9.87. The van der Waals surface area contributed by atoms with Gasteiger partial charge in [-0.1, -0.05) is 12.1 Å². The molecule has 6 heteroatoms. The van der Waals surface area contributed by atoms with Crippen LogP contribution in [-0.4, -0.2) is 26.5 Å². The van der Waals surface area contributed by atoms with Crippen molar-refractivity contribution >= 4 is 11.3 Å². The highest BCUT2D eigenvalue weighted by atomic mass is 16.5. The molecular formula is C13H9N5O. The Morgan fingerprint density at radius 1 is 1.26 bits per heavy atom. The fourth-order valence-corrected chi connectivity index (χ4v) is 1.73. The van der Waals surface area contributed by atoms with Gasteiger partial charge in [0.1, 0.15) is 17.6 Å². The molecule has 0 saturated carbocycles. The van der Waals surface area contributed by atoms with E-state index in [4.69, 9.17) is 10.00 Å². The van der Waals surface area contributed by atoms with Gasteiger partial charge >= 0.3 is 0 Å². The van der Waals surface area contributed by atoms with Crippen molar-refractivity contribution in [3.8, 4) is 23.2 Å². The van der Waals surface area contributed by atoms with Crippen molar-refractivity contribution in [2.75, 3.05) is 6.61 Å². The van der Waals surface area contributed by atoms with Crippen LogP contribution in [0, 0.1) is 11.3 Å². The van der Waals surface area contributed by atoms with Gasteiger partial charge in [0.25, 0.3) is 0 Å². The molecule has 0 aliphatic heterocycles. The van der Waals surface area contributed by atoms with Gasteiger partial charge in [0, 0.05) is 18.0 Å². The number of rotatable bonds is 3. The SMILES string of the molecule is N#CCOc1cccc(-c2nc3nccnc3[nH]2)c1. The van der Waals surface area contributed by atoms with Crippen LogP contribution in [0.1, 0.15) is 0 Å². The monoisotopic (exact) mass is 251 g/mol. The molecule has 6 nitrogen and oxygen atoms in total. The van der Waals surface area contributed by atoms with E-state index in [2.05, 4.69) is 19.9 Å². The molecule has 0 aliphatic rings. The van der Waals surface area contributed by atoms with Gasteiger partial charge in [0.15, 0.2) is 17.9 Å². The maximum Gasteiger partial charge on any atom is 0.197 e. The van der Waals surface area contributed by atoms with Crippen molar-refractivity contribution in [2.24, 2.45) is 0 Å². The zero-order chi connectivity index (χ0) is 13.1. The number of nitrogens with zero attached hydrogens (tertiary/aromatic N) is 4. The van der Waals surface area contributed by atoms with Gasteiger partial charge in [-0.25, -0.2) is 15.0 Å². The summed E-state index contributed by atoms with van der Waals surface area (Å²) < 4.78 is 5.26. The van der Waals surface area contributed by atoms with Gasteiger partial charge in [0.05, 0.1) is 0 Å². The van der Waals surface area contributed by atoms with Gasteiger partial charge in [-0.15, -0.1) is 0 Å². The van der Waals surface area contributed by atoms with Crippen LogP contribution in [0.15, 0.2) is 36.7 Å². The summed E-state index contributed by atoms with van der Waals surface area (Å²) in [5.74, 6) is 1.30. The lowest BCUT2D eigenvalue weighted by Gasteiger charge is -2.02. The molecule has 1 aromatic carbocycles. The van der Waals surface area contributed by atoms with Crippen LogP contribution in [0.4, 0.5) is 0 Å². The second kappa shape index (κ2) is 4.74. The molecule has 0 fully saturated rings. The molecule has 92 valence electrons. The number of imidazole rings is 1. The number of benzene rings is 1. The number of aromatic nitrogens is 4. The summed E-state index contributed by atoms with van der Waals surface area (Å²) in [7, 11) is 0. The maximum atomic E-state index is 8.50. The molecule has 2 heterocycles. The number of ether oxygens (including phenoxy) is 1. The van der Waals surface area contributed by atoms with Crippen LogP contribution in [-0.2, 0) is 0 Å². The Morgan fingerprint density at radius 3 is 3.00 bits per heavy atom. The Kier molecular flexibility index (Phi) is 2.79. The molecule has 0 bridgehead atoms. The fourth-order valence-electron chi connectivity index (χ4n) is 1.73. The van der Waals surface area contributed by atoms with Crippen molar-refractivity contribution in [1.29, 1.82) is 5.26 Å². The molecule has 0 spiro atoms. The summed E-state index contributed by atoms with van der Waals surface area (Å²) in [5.41, 5.74) is 2.07. The van der Waals surface area contributed by atoms with Gasteiger partial charge in [-0.3, -0.25) is 0 Å². The summed E-state index contributed by atoms with van der Waals surface area (Å²) in [4.78, 5) is 15.7. The second-order valence-electron chi connectivity index (χ2n) is 3.79. The average Bonchev–Trinajstić information content (AvgIpc) is 2.89. The first-order valence-electron chi connectivity index (χ1n) is 5.64. The number of hydrogen-bond acceptors (Lipinski definition) is 5. The Bertz CT molecular complexity index is 726. The number of aromatic amines is 1. The van der Waals surface area contributed by atoms with E-state index in [1.54, 1.807) is 18.5 Å². The van der Waals surface area contributed by atoms with Crippen LogP contribution in [0.5, 0.6) is 5.75 Å². The molecule has 0 radical (unpaired) electrons. The Balaban J connectivity index is 1.99. The molecule has 3 rings (SSSR count). The minimum absolute atomic E-state index is 0.0205. The Labute approximate surface area is 108 Å². The van der Waals surface area contributed by atoms with Crippen LogP contribution < -0.4 is 4.74 Å². The first-order valence-corrected chi connectivity index (χ1v) is 5.64. The standard InChI is InChI=1S/C13H9N5O/c14-4-7-19-10-3-1-2-9(8-10)11-17-12-13(18-11)16-6-5-15-12/h1-3,5-6,8H,7H2,(H,15,16,17,18). The van der Waals surface area contributed by atoms with E-state index in [1.807, 2.05) is 24.3 Å². The predicted molar refractivity (Wildman–Crippen MR) is 68.2 cm³/mol. The van der Waals surface area contributed by atoms with Crippen LogP contribution >= 0.6 is 0 Å². The van der Waals surface area contributed by atoms with Gasteiger partial charge in [-0.2, -0.15) is 5.26 Å². The van der Waals surface area contributed by atoms with Crippen molar-refractivity contribution < 1.29 is 4.74 Å². The highest BCUT2D eigenvalue weighted by molar-refractivity contribution is 5.72. The van der Waals surface area contributed by atoms with Gasteiger partial charge < -0.3 is 9.72 Å². The third kappa shape index (κ3) is 2.21. The minimum atomic E-state index is 0.0205. The average molecular weight is 251 g/mol. The third-order valence-corrected chi connectivity index (χ3v) is 2.54. The Morgan fingerprint density at radius 2 is 2.16 bits per heavy atom. The molecule has 0 amide bonds. The lowest BCUT2D eigenvalue weighted by molar-refractivity contribution is 0.368. The molecule has 0 aliphatic carbocycles. The first kappa shape index (κ1) is 11.2. The first-order chi connectivity index (χ1) is 9.36. The summed E-state index contributed by atoms with van der Waals surface area (Å²) >= 11 is 0. The number of fused-ring (bicyclic) bond motifs is 1. The van der Waals surface area contributed by atoms with Gasteiger partial charge in [-0.05, 0) is 12.1 Å². The summed E-state index contributed by atoms with van der Waals surface area (Å²) in [6.07, 6.45) is 3.20. The van der Waals surface area contributed by atoms with E-state index >= 15 is 0 Å². The number of nitrogens with one attached hydrogen (secondary N) is 1. The van der Waals surface area contributed by atoms with Crippen LogP contribution in [0.2, 0.25) is 0 Å². The molecule has 0 saturated heterocycles.